The summed E-state index contributed by atoms with van der Waals surface area (Å²) in [6.45, 7) is 0. The lowest BCUT2D eigenvalue weighted by atomic mass is 9.75. The van der Waals surface area contributed by atoms with Crippen molar-refractivity contribution in [3.05, 3.63) is 348 Å². The van der Waals surface area contributed by atoms with Crippen molar-refractivity contribution in [2.75, 3.05) is 11.1 Å². The molecule has 1 amide bonds. The number of nitrogens with one attached hydrogen (secondary N) is 1. The molecule has 6 nitrogen and oxygen atoms in total. The molecular weight excluding hydrogens is 1170 g/mol. The van der Waals surface area contributed by atoms with Crippen LogP contribution in [0.15, 0.2) is 328 Å². The minimum Gasteiger partial charge on any atom is -0.423 e. The predicted molar refractivity (Wildman–Crippen MR) is 380 cm³/mol. The van der Waals surface area contributed by atoms with E-state index in [-0.39, 0.29) is 5.91 Å². The van der Waals surface area contributed by atoms with E-state index in [1.54, 1.807) is 30.3 Å². The van der Waals surface area contributed by atoms with E-state index in [0.29, 0.717) is 21.1 Å². The molecule has 0 aliphatic heterocycles. The molecule has 0 aliphatic rings. The van der Waals surface area contributed by atoms with Crippen molar-refractivity contribution < 1.29 is 14.8 Å². The zero-order valence-corrected chi connectivity index (χ0v) is 51.0. The first-order valence-corrected chi connectivity index (χ1v) is 30.4. The van der Waals surface area contributed by atoms with E-state index in [9.17, 15) is 14.8 Å². The van der Waals surface area contributed by atoms with Crippen LogP contribution in [-0.2, 0) is 0 Å². The Morgan fingerprint density at radius 1 is 0.356 bits per heavy atom. The molecule has 5 N–H and O–H groups in total. The zero-order chi connectivity index (χ0) is 62.2. The monoisotopic (exact) mass is 1230 g/mol. The van der Waals surface area contributed by atoms with Crippen LogP contribution in [0.5, 0.6) is 0 Å². The number of rotatable bonds is 10. The second-order valence-corrected chi connectivity index (χ2v) is 22.3. The van der Waals surface area contributed by atoms with Gasteiger partial charge in [0.25, 0.3) is 5.91 Å². The molecule has 1 heterocycles. The number of nitrogen functional groups attached to an aromatic ring is 1. The Labute approximate surface area is 539 Å². The maximum absolute atomic E-state index is 12.7. The van der Waals surface area contributed by atoms with Crippen LogP contribution in [-0.4, -0.2) is 28.1 Å². The Bertz CT molecular complexity index is 4720. The minimum atomic E-state index is -1.43. The largest absolute Gasteiger partial charge is 0.489 e. The molecule has 436 valence electrons. The first-order valence-electron chi connectivity index (χ1n) is 29.2. The Hall–Kier alpha value is -10.3. The summed E-state index contributed by atoms with van der Waals surface area (Å²) in [5.41, 5.74) is 24.5. The van der Waals surface area contributed by atoms with Gasteiger partial charge in [-0.3, -0.25) is 4.79 Å². The van der Waals surface area contributed by atoms with Crippen molar-refractivity contribution in [1.29, 1.82) is 0 Å². The van der Waals surface area contributed by atoms with Crippen LogP contribution in [0.2, 0.25) is 15.1 Å². The van der Waals surface area contributed by atoms with Crippen LogP contribution in [0.1, 0.15) is 10.4 Å². The number of amides is 1. The topological polar surface area (TPSA) is 108 Å². The third-order valence-electron chi connectivity index (χ3n) is 15.1. The first kappa shape index (κ1) is 61.3. The summed E-state index contributed by atoms with van der Waals surface area (Å²) >= 11 is 18.8. The summed E-state index contributed by atoms with van der Waals surface area (Å²) < 4.78 is 0. The van der Waals surface area contributed by atoms with E-state index in [1.165, 1.54) is 22.1 Å². The van der Waals surface area contributed by atoms with Gasteiger partial charge in [-0.1, -0.05) is 296 Å². The Kier molecular flexibility index (Phi) is 20.1. The van der Waals surface area contributed by atoms with Gasteiger partial charge in [0.05, 0.1) is 11.2 Å². The first-order chi connectivity index (χ1) is 44.1. The summed E-state index contributed by atoms with van der Waals surface area (Å²) in [6, 6.07) is 107. The van der Waals surface area contributed by atoms with Crippen molar-refractivity contribution in [3.8, 4) is 78.0 Å². The highest BCUT2D eigenvalue weighted by Gasteiger charge is 2.18. The predicted octanol–water partition coefficient (Wildman–Crippen LogP) is 20.6. The maximum atomic E-state index is 12.7. The summed E-state index contributed by atoms with van der Waals surface area (Å²) in [4.78, 5) is 17.7. The number of anilines is 2. The fraction of sp³-hybridized carbons (Fsp3) is 0. The Morgan fingerprint density at radius 2 is 0.756 bits per heavy atom. The van der Waals surface area contributed by atoms with E-state index in [1.807, 2.05) is 188 Å². The fourth-order valence-corrected chi connectivity index (χ4v) is 11.4. The minimum absolute atomic E-state index is 0.152. The summed E-state index contributed by atoms with van der Waals surface area (Å²) in [5.74, 6) is -0.152. The van der Waals surface area contributed by atoms with Crippen molar-refractivity contribution >= 4 is 86.3 Å². The number of pyridine rings is 1. The number of fused-ring (bicyclic) bond motifs is 3. The van der Waals surface area contributed by atoms with Gasteiger partial charge in [0, 0.05) is 64.9 Å². The molecule has 13 aromatic carbocycles. The molecule has 0 unspecified atom stereocenters. The van der Waals surface area contributed by atoms with Crippen molar-refractivity contribution in [1.82, 2.24) is 4.98 Å². The van der Waals surface area contributed by atoms with Crippen LogP contribution in [0, 0.1) is 0 Å². The van der Waals surface area contributed by atoms with Gasteiger partial charge in [-0.15, -0.1) is 0 Å². The molecule has 14 rings (SSSR count). The maximum Gasteiger partial charge on any atom is 0.489 e. The molecular formula is C80H59BCl3N3O3. The number of nitrogens with two attached hydrogens (primary N) is 1. The van der Waals surface area contributed by atoms with Crippen LogP contribution in [0.4, 0.5) is 11.4 Å². The molecule has 0 radical (unpaired) electrons. The van der Waals surface area contributed by atoms with Crippen molar-refractivity contribution in [2.45, 2.75) is 0 Å². The van der Waals surface area contributed by atoms with E-state index in [0.717, 1.165) is 94.0 Å². The number of halogens is 3. The third-order valence-corrected chi connectivity index (χ3v) is 15.8. The summed E-state index contributed by atoms with van der Waals surface area (Å²) in [7, 11) is -1.43. The highest BCUT2D eigenvalue weighted by atomic mass is 35.5. The normalized spacial score (nSPS) is 10.6. The highest BCUT2D eigenvalue weighted by molar-refractivity contribution is 6.60. The molecule has 1 aromatic heterocycles. The van der Waals surface area contributed by atoms with Gasteiger partial charge in [-0.2, -0.15) is 0 Å². The molecule has 90 heavy (non-hydrogen) atoms. The third kappa shape index (κ3) is 14.8. The molecule has 0 spiro atoms. The molecule has 10 heteroatoms. The van der Waals surface area contributed by atoms with E-state index in [4.69, 9.17) is 45.5 Å². The Morgan fingerprint density at radius 3 is 1.30 bits per heavy atom. The molecule has 0 fully saturated rings. The lowest BCUT2D eigenvalue weighted by molar-refractivity contribution is 0.102. The molecule has 0 saturated heterocycles. The standard InChI is InChI=1S/C25H18ClNO.C25H16ClN.C18H14ClN.C12H11BO2/c26-20-15-16-24(27-25(28)19-11-5-2-6-12-19)23(17-20)22-14-8-7-13-21(22)18-9-3-1-4-10-18;26-19-14-15-23-22(16-19)24-20(17-8-3-1-4-9-17)12-7-13-21(24)25(27-23)18-10-5-2-6-11-18;19-14-10-11-18(20)17(12-14)16-9-5-4-8-15(16)13-6-2-1-3-7-13;14-13(15)12-9-5-4-8-11(12)10-6-2-1-3-7-10/h1-17H,(H,27,28);1-16H;1-12H,20H2;1-9,14-15H. The van der Waals surface area contributed by atoms with Gasteiger partial charge in [0.2, 0.25) is 0 Å². The van der Waals surface area contributed by atoms with Gasteiger partial charge in [-0.25, -0.2) is 4.98 Å². The van der Waals surface area contributed by atoms with Gasteiger partial charge in [0.15, 0.2) is 0 Å². The lowest BCUT2D eigenvalue weighted by Crippen LogP contribution is -2.31. The van der Waals surface area contributed by atoms with Crippen LogP contribution < -0.4 is 16.5 Å². The lowest BCUT2D eigenvalue weighted by Gasteiger charge is -2.15. The molecule has 0 atom stereocenters. The number of carbonyl (C=O) groups excluding carboxylic acids is 1. The van der Waals surface area contributed by atoms with Crippen molar-refractivity contribution in [2.24, 2.45) is 0 Å². The van der Waals surface area contributed by atoms with Gasteiger partial charge < -0.3 is 21.1 Å². The highest BCUT2D eigenvalue weighted by Crippen LogP contribution is 2.41. The van der Waals surface area contributed by atoms with E-state index in [2.05, 4.69) is 115 Å². The average Bonchev–Trinajstić information content (AvgIpc) is 0.882. The molecule has 14 aromatic rings. The van der Waals surface area contributed by atoms with Gasteiger partial charge in [-0.05, 0) is 128 Å². The zero-order valence-electron chi connectivity index (χ0n) is 48.7. The van der Waals surface area contributed by atoms with E-state index >= 15 is 0 Å². The summed E-state index contributed by atoms with van der Waals surface area (Å²) in [6.07, 6.45) is 0. The summed E-state index contributed by atoms with van der Waals surface area (Å²) in [5, 5.41) is 26.9. The van der Waals surface area contributed by atoms with Gasteiger partial charge >= 0.3 is 7.12 Å². The van der Waals surface area contributed by atoms with Crippen LogP contribution >= 0.6 is 34.8 Å². The fourth-order valence-electron chi connectivity index (χ4n) is 10.9. The number of carbonyl (C=O) groups is 1. The quantitative estimate of drug-likeness (QED) is 0.0620. The smallest absolute Gasteiger partial charge is 0.423 e. The van der Waals surface area contributed by atoms with Crippen molar-refractivity contribution in [3.63, 3.8) is 0 Å². The Balaban J connectivity index is 0.000000127. The van der Waals surface area contributed by atoms with Crippen LogP contribution in [0.25, 0.3) is 99.7 Å². The second-order valence-electron chi connectivity index (χ2n) is 21.0. The number of hydrogen-bond acceptors (Lipinski definition) is 5. The number of hydrogen-bond donors (Lipinski definition) is 4. The molecule has 0 bridgehead atoms. The number of aromatic nitrogens is 1. The van der Waals surface area contributed by atoms with E-state index < -0.39 is 7.12 Å². The average molecular weight is 1230 g/mol. The van der Waals surface area contributed by atoms with Crippen LogP contribution in [0.3, 0.4) is 0 Å². The SMILES string of the molecule is Clc1ccc2nc(-c3ccccc3)c3cccc(-c4ccccc4)c3c2c1.Nc1ccc(Cl)cc1-c1ccccc1-c1ccccc1.O=C(Nc1ccc(Cl)cc1-c1ccccc1-c1ccccc1)c1ccccc1.OB(O)c1ccccc1-c1ccccc1. The van der Waals surface area contributed by atoms with Gasteiger partial charge in [0.1, 0.15) is 0 Å². The molecule has 0 aliphatic carbocycles. The number of nitrogens with zero attached hydrogens (tertiary/aromatic N) is 1. The second kappa shape index (κ2) is 29.6. The number of benzene rings is 13. The molecule has 0 saturated carbocycles.